The molecule has 0 radical (unpaired) electrons. The van der Waals surface area contributed by atoms with E-state index in [4.69, 9.17) is 5.73 Å². The monoisotopic (exact) mass is 227 g/mol. The fraction of sp³-hybridized carbons (Fsp3) is 0.600. The van der Waals surface area contributed by atoms with E-state index >= 15 is 0 Å². The molecule has 0 bridgehead atoms. The van der Waals surface area contributed by atoms with Gasteiger partial charge in [0.2, 0.25) is 5.91 Å². The van der Waals surface area contributed by atoms with Crippen LogP contribution in [0.2, 0.25) is 0 Å². The molecule has 1 aromatic rings. The Morgan fingerprint density at radius 2 is 2.33 bits per heavy atom. The van der Waals surface area contributed by atoms with Crippen LogP contribution in [0.25, 0.3) is 0 Å². The number of amides is 1. The van der Waals surface area contributed by atoms with Crippen molar-refractivity contribution in [3.05, 3.63) is 10.6 Å². The van der Waals surface area contributed by atoms with Gasteiger partial charge in [-0.15, -0.1) is 11.3 Å². The number of nitrogens with two attached hydrogens (primary N) is 1. The van der Waals surface area contributed by atoms with Crippen LogP contribution in [0.15, 0.2) is 0 Å². The fourth-order valence-electron chi connectivity index (χ4n) is 1.25. The van der Waals surface area contributed by atoms with Gasteiger partial charge in [-0.3, -0.25) is 4.79 Å². The molecule has 1 aromatic heterocycles. The number of rotatable bonds is 5. The summed E-state index contributed by atoms with van der Waals surface area (Å²) < 4.78 is 0. The van der Waals surface area contributed by atoms with Crippen molar-refractivity contribution in [2.75, 3.05) is 11.9 Å². The van der Waals surface area contributed by atoms with Gasteiger partial charge in [-0.05, 0) is 26.3 Å². The lowest BCUT2D eigenvalue weighted by molar-refractivity contribution is -0.116. The number of anilines is 1. The number of nitrogens with zero attached hydrogens (tertiary/aromatic N) is 1. The van der Waals surface area contributed by atoms with Crippen molar-refractivity contribution in [2.45, 2.75) is 33.1 Å². The van der Waals surface area contributed by atoms with Crippen molar-refractivity contribution >= 4 is 22.4 Å². The molecule has 0 saturated heterocycles. The molecule has 1 heterocycles. The van der Waals surface area contributed by atoms with Crippen molar-refractivity contribution in [3.63, 3.8) is 0 Å². The van der Waals surface area contributed by atoms with Crippen LogP contribution in [0, 0.1) is 6.92 Å². The Hall–Kier alpha value is -0.940. The van der Waals surface area contributed by atoms with Crippen LogP contribution in [0.1, 0.15) is 30.3 Å². The number of thiazole rings is 1. The van der Waals surface area contributed by atoms with Crippen molar-refractivity contribution in [3.8, 4) is 0 Å². The molecule has 0 aliphatic carbocycles. The molecule has 3 N–H and O–H groups in total. The maximum Gasteiger partial charge on any atom is 0.226 e. The minimum absolute atomic E-state index is 0.00291. The zero-order valence-electron chi connectivity index (χ0n) is 9.17. The first-order chi connectivity index (χ1) is 7.17. The Morgan fingerprint density at radius 3 is 2.87 bits per heavy atom. The average molecular weight is 227 g/mol. The van der Waals surface area contributed by atoms with Gasteiger partial charge >= 0.3 is 0 Å². The smallest absolute Gasteiger partial charge is 0.226 e. The second kappa shape index (κ2) is 5.82. The number of carbonyl (C=O) groups excluding carboxylic acids is 1. The fourth-order valence-corrected chi connectivity index (χ4v) is 2.17. The highest BCUT2D eigenvalue weighted by Gasteiger charge is 2.08. The number of hydrogen-bond acceptors (Lipinski definition) is 4. The standard InChI is InChI=1S/C10H17N3OS/c1-3-8-7(2)15-10(12-8)13-9(14)5-4-6-11/h3-6,11H2,1-2H3,(H,12,13,14). The highest BCUT2D eigenvalue weighted by atomic mass is 32.1. The number of carbonyl (C=O) groups is 1. The normalized spacial score (nSPS) is 10.3. The van der Waals surface area contributed by atoms with Crippen molar-refractivity contribution < 1.29 is 4.79 Å². The van der Waals surface area contributed by atoms with Crippen LogP contribution in [0.3, 0.4) is 0 Å². The molecule has 0 aromatic carbocycles. The Morgan fingerprint density at radius 1 is 1.60 bits per heavy atom. The van der Waals surface area contributed by atoms with Gasteiger partial charge in [-0.1, -0.05) is 6.92 Å². The third-order valence-electron chi connectivity index (χ3n) is 2.08. The van der Waals surface area contributed by atoms with E-state index in [1.54, 1.807) is 0 Å². The van der Waals surface area contributed by atoms with Gasteiger partial charge in [0.25, 0.3) is 0 Å². The van der Waals surface area contributed by atoms with Crippen molar-refractivity contribution in [1.29, 1.82) is 0 Å². The minimum atomic E-state index is -0.00291. The van der Waals surface area contributed by atoms with Crippen LogP contribution in [-0.2, 0) is 11.2 Å². The van der Waals surface area contributed by atoms with E-state index in [-0.39, 0.29) is 5.91 Å². The number of nitrogens with one attached hydrogen (secondary N) is 1. The van der Waals surface area contributed by atoms with Gasteiger partial charge < -0.3 is 11.1 Å². The molecule has 1 rings (SSSR count). The van der Waals surface area contributed by atoms with Gasteiger partial charge in [0.05, 0.1) is 5.69 Å². The molecule has 1 amide bonds. The lowest BCUT2D eigenvalue weighted by Gasteiger charge is -1.99. The van der Waals surface area contributed by atoms with Crippen molar-refractivity contribution in [2.24, 2.45) is 5.73 Å². The molecule has 84 valence electrons. The van der Waals surface area contributed by atoms with Crippen LogP contribution < -0.4 is 11.1 Å². The van der Waals surface area contributed by atoms with Gasteiger partial charge in [0.15, 0.2) is 5.13 Å². The summed E-state index contributed by atoms with van der Waals surface area (Å²) in [6.07, 6.45) is 2.09. The minimum Gasteiger partial charge on any atom is -0.330 e. The summed E-state index contributed by atoms with van der Waals surface area (Å²) in [6, 6.07) is 0. The Kier molecular flexibility index (Phi) is 4.71. The second-order valence-electron chi connectivity index (χ2n) is 3.32. The summed E-state index contributed by atoms with van der Waals surface area (Å²) in [6.45, 7) is 4.62. The molecule has 0 aliphatic heterocycles. The van der Waals surface area contributed by atoms with Crippen LogP contribution in [0.5, 0.6) is 0 Å². The van der Waals surface area contributed by atoms with Crippen LogP contribution >= 0.6 is 11.3 Å². The van der Waals surface area contributed by atoms with E-state index in [1.165, 1.54) is 16.2 Å². The summed E-state index contributed by atoms with van der Waals surface area (Å²) in [5.74, 6) is -0.00291. The molecule has 0 atom stereocenters. The van der Waals surface area contributed by atoms with E-state index in [0.29, 0.717) is 18.1 Å². The SMILES string of the molecule is CCc1nc(NC(=O)CCCN)sc1C. The molecular formula is C10H17N3OS. The summed E-state index contributed by atoms with van der Waals surface area (Å²) in [5, 5.41) is 3.49. The molecule has 0 saturated carbocycles. The second-order valence-corrected chi connectivity index (χ2v) is 4.52. The first-order valence-corrected chi connectivity index (χ1v) is 5.95. The first kappa shape index (κ1) is 12.1. The topological polar surface area (TPSA) is 68.0 Å². The van der Waals surface area contributed by atoms with Gasteiger partial charge in [-0.2, -0.15) is 0 Å². The van der Waals surface area contributed by atoms with Gasteiger partial charge in [-0.25, -0.2) is 4.98 Å². The molecule has 15 heavy (non-hydrogen) atoms. The van der Waals surface area contributed by atoms with E-state index in [9.17, 15) is 4.79 Å². The molecular weight excluding hydrogens is 210 g/mol. The molecule has 5 heteroatoms. The molecule has 0 aliphatic rings. The quantitative estimate of drug-likeness (QED) is 0.804. The molecule has 0 fully saturated rings. The predicted molar refractivity (Wildman–Crippen MR) is 63.1 cm³/mol. The summed E-state index contributed by atoms with van der Waals surface area (Å²) in [7, 11) is 0. The third-order valence-corrected chi connectivity index (χ3v) is 3.01. The largest absolute Gasteiger partial charge is 0.330 e. The number of aryl methyl sites for hydroxylation is 2. The third kappa shape index (κ3) is 3.60. The van der Waals surface area contributed by atoms with E-state index in [0.717, 1.165) is 18.5 Å². The number of hydrogen-bond donors (Lipinski definition) is 2. The van der Waals surface area contributed by atoms with E-state index < -0.39 is 0 Å². The highest BCUT2D eigenvalue weighted by Crippen LogP contribution is 2.22. The average Bonchev–Trinajstić information content (AvgIpc) is 2.55. The summed E-state index contributed by atoms with van der Waals surface area (Å²) in [4.78, 5) is 16.9. The predicted octanol–water partition coefficient (Wildman–Crippen LogP) is 1.69. The van der Waals surface area contributed by atoms with Crippen LogP contribution in [-0.4, -0.2) is 17.4 Å². The summed E-state index contributed by atoms with van der Waals surface area (Å²) >= 11 is 1.53. The highest BCUT2D eigenvalue weighted by molar-refractivity contribution is 7.15. The lowest BCUT2D eigenvalue weighted by atomic mass is 10.3. The molecule has 4 nitrogen and oxygen atoms in total. The zero-order valence-corrected chi connectivity index (χ0v) is 9.99. The molecule has 0 spiro atoms. The first-order valence-electron chi connectivity index (χ1n) is 5.13. The maximum absolute atomic E-state index is 11.4. The Labute approximate surface area is 93.9 Å². The van der Waals surface area contributed by atoms with E-state index in [2.05, 4.69) is 17.2 Å². The maximum atomic E-state index is 11.4. The lowest BCUT2D eigenvalue weighted by Crippen LogP contribution is -2.13. The Balaban J connectivity index is 2.53. The van der Waals surface area contributed by atoms with Crippen molar-refractivity contribution in [1.82, 2.24) is 4.98 Å². The Bertz CT molecular complexity index is 335. The zero-order chi connectivity index (χ0) is 11.3. The van der Waals surface area contributed by atoms with Crippen LogP contribution in [0.4, 0.5) is 5.13 Å². The number of aromatic nitrogens is 1. The van der Waals surface area contributed by atoms with E-state index in [1.807, 2.05) is 6.92 Å². The molecule has 0 unspecified atom stereocenters. The van der Waals surface area contributed by atoms with Gasteiger partial charge in [0, 0.05) is 11.3 Å². The summed E-state index contributed by atoms with van der Waals surface area (Å²) in [5.41, 5.74) is 6.39. The van der Waals surface area contributed by atoms with Gasteiger partial charge in [0.1, 0.15) is 0 Å².